The van der Waals surface area contributed by atoms with Crippen molar-refractivity contribution in [3.63, 3.8) is 0 Å². The standard InChI is InChI=1S/C10H10BrNO4/c1-6(2)16-10-8(11)3-7(5-13)4-9(10)12(14)15/h3-6H,1-2H3. The molecule has 0 saturated carbocycles. The lowest BCUT2D eigenvalue weighted by Crippen LogP contribution is -2.08. The van der Waals surface area contributed by atoms with Crippen molar-refractivity contribution in [3.05, 3.63) is 32.3 Å². The van der Waals surface area contributed by atoms with Crippen molar-refractivity contribution < 1.29 is 14.5 Å². The third-order valence-corrected chi connectivity index (χ3v) is 2.32. The predicted molar refractivity (Wildman–Crippen MR) is 61.9 cm³/mol. The third kappa shape index (κ3) is 2.79. The number of halogens is 1. The van der Waals surface area contributed by atoms with Crippen LogP contribution in [0.15, 0.2) is 16.6 Å². The normalized spacial score (nSPS) is 10.2. The third-order valence-electron chi connectivity index (χ3n) is 1.73. The minimum Gasteiger partial charge on any atom is -0.483 e. The Labute approximate surface area is 101 Å². The van der Waals surface area contributed by atoms with Gasteiger partial charge < -0.3 is 4.74 Å². The topological polar surface area (TPSA) is 69.4 Å². The fraction of sp³-hybridized carbons (Fsp3) is 0.300. The average molecular weight is 288 g/mol. The van der Waals surface area contributed by atoms with Gasteiger partial charge in [-0.15, -0.1) is 0 Å². The van der Waals surface area contributed by atoms with Crippen LogP contribution < -0.4 is 4.74 Å². The molecule has 0 aromatic heterocycles. The number of nitrogens with zero attached hydrogens (tertiary/aromatic N) is 1. The molecule has 0 aliphatic heterocycles. The second kappa shape index (κ2) is 5.07. The van der Waals surface area contributed by atoms with Crippen molar-refractivity contribution in [1.29, 1.82) is 0 Å². The van der Waals surface area contributed by atoms with E-state index in [4.69, 9.17) is 4.74 Å². The predicted octanol–water partition coefficient (Wildman–Crippen LogP) is 2.96. The summed E-state index contributed by atoms with van der Waals surface area (Å²) >= 11 is 3.15. The van der Waals surface area contributed by atoms with Crippen LogP contribution in [0.2, 0.25) is 0 Å². The summed E-state index contributed by atoms with van der Waals surface area (Å²) in [7, 11) is 0. The number of aldehydes is 1. The molecule has 1 aromatic carbocycles. The van der Waals surface area contributed by atoms with Gasteiger partial charge in [0.05, 0.1) is 15.5 Å². The Morgan fingerprint density at radius 1 is 1.50 bits per heavy atom. The maximum Gasteiger partial charge on any atom is 0.312 e. The summed E-state index contributed by atoms with van der Waals surface area (Å²) in [5, 5.41) is 10.8. The highest BCUT2D eigenvalue weighted by Crippen LogP contribution is 2.36. The van der Waals surface area contributed by atoms with Crippen molar-refractivity contribution >= 4 is 27.9 Å². The first-order valence-electron chi connectivity index (χ1n) is 4.55. The summed E-state index contributed by atoms with van der Waals surface area (Å²) in [6, 6.07) is 2.67. The lowest BCUT2D eigenvalue weighted by Gasteiger charge is -2.11. The number of nitro benzene ring substituents is 1. The van der Waals surface area contributed by atoms with Gasteiger partial charge in [0.15, 0.2) is 0 Å². The van der Waals surface area contributed by atoms with Gasteiger partial charge in [-0.25, -0.2) is 0 Å². The van der Waals surface area contributed by atoms with Gasteiger partial charge in [0.1, 0.15) is 6.29 Å². The number of carbonyl (C=O) groups is 1. The first-order valence-corrected chi connectivity index (χ1v) is 5.34. The van der Waals surface area contributed by atoms with E-state index < -0.39 is 4.92 Å². The van der Waals surface area contributed by atoms with Crippen molar-refractivity contribution in [2.75, 3.05) is 0 Å². The minimum atomic E-state index is -0.574. The second-order valence-electron chi connectivity index (χ2n) is 3.39. The van der Waals surface area contributed by atoms with Crippen LogP contribution in [0, 0.1) is 10.1 Å². The van der Waals surface area contributed by atoms with Crippen LogP contribution in [0.25, 0.3) is 0 Å². The summed E-state index contributed by atoms with van der Waals surface area (Å²) in [6.45, 7) is 3.54. The molecule has 0 bridgehead atoms. The summed E-state index contributed by atoms with van der Waals surface area (Å²) in [6.07, 6.45) is 0.369. The Balaban J connectivity index is 3.33. The first kappa shape index (κ1) is 12.6. The van der Waals surface area contributed by atoms with Crippen molar-refractivity contribution in [2.45, 2.75) is 20.0 Å². The lowest BCUT2D eigenvalue weighted by molar-refractivity contribution is -0.386. The zero-order valence-electron chi connectivity index (χ0n) is 8.77. The molecule has 0 N–H and O–H groups in total. The van der Waals surface area contributed by atoms with Gasteiger partial charge in [-0.3, -0.25) is 14.9 Å². The molecule has 0 unspecified atom stereocenters. The maximum atomic E-state index is 10.8. The molecule has 1 rings (SSSR count). The highest BCUT2D eigenvalue weighted by molar-refractivity contribution is 9.10. The number of hydrogen-bond acceptors (Lipinski definition) is 4. The van der Waals surface area contributed by atoms with Gasteiger partial charge in [-0.2, -0.15) is 0 Å². The van der Waals surface area contributed by atoms with Gasteiger partial charge in [-0.05, 0) is 35.8 Å². The highest BCUT2D eigenvalue weighted by atomic mass is 79.9. The van der Waals surface area contributed by atoms with E-state index in [0.29, 0.717) is 10.8 Å². The zero-order valence-corrected chi connectivity index (χ0v) is 10.4. The van der Waals surface area contributed by atoms with Crippen LogP contribution in [0.3, 0.4) is 0 Å². The molecule has 0 fully saturated rings. The lowest BCUT2D eigenvalue weighted by atomic mass is 10.2. The molecule has 0 saturated heterocycles. The van der Waals surface area contributed by atoms with E-state index in [1.165, 1.54) is 12.1 Å². The Morgan fingerprint density at radius 3 is 2.56 bits per heavy atom. The van der Waals surface area contributed by atoms with E-state index in [1.54, 1.807) is 13.8 Å². The van der Waals surface area contributed by atoms with Gasteiger partial charge in [0.2, 0.25) is 5.75 Å². The summed E-state index contributed by atoms with van der Waals surface area (Å²) < 4.78 is 5.73. The quantitative estimate of drug-likeness (QED) is 0.485. The van der Waals surface area contributed by atoms with Crippen LogP contribution in [0.1, 0.15) is 24.2 Å². The molecule has 5 nitrogen and oxygen atoms in total. The van der Waals surface area contributed by atoms with E-state index in [2.05, 4.69) is 15.9 Å². The van der Waals surface area contributed by atoms with Crippen molar-refractivity contribution in [3.8, 4) is 5.75 Å². The molecule has 0 amide bonds. The number of rotatable bonds is 4. The van der Waals surface area contributed by atoms with Gasteiger partial charge in [0, 0.05) is 11.6 Å². The summed E-state index contributed by atoms with van der Waals surface area (Å²) in [5.41, 5.74) is 0.0138. The number of nitro groups is 1. The average Bonchev–Trinajstić information content (AvgIpc) is 2.19. The SMILES string of the molecule is CC(C)Oc1c(Br)cc(C=O)cc1[N+](=O)[O-]. The number of carbonyl (C=O) groups excluding carboxylic acids is 1. The minimum absolute atomic E-state index is 0.144. The monoisotopic (exact) mass is 287 g/mol. The molecular weight excluding hydrogens is 278 g/mol. The number of ether oxygens (including phenoxy) is 1. The van der Waals surface area contributed by atoms with Crippen LogP contribution in [0.4, 0.5) is 5.69 Å². The maximum absolute atomic E-state index is 10.8. The smallest absolute Gasteiger partial charge is 0.312 e. The van der Waals surface area contributed by atoms with E-state index in [1.807, 2.05) is 0 Å². The Kier molecular flexibility index (Phi) is 4.00. The second-order valence-corrected chi connectivity index (χ2v) is 4.25. The summed E-state index contributed by atoms with van der Waals surface area (Å²) in [4.78, 5) is 20.8. The molecule has 0 atom stereocenters. The Morgan fingerprint density at radius 2 is 2.12 bits per heavy atom. The van der Waals surface area contributed by atoms with E-state index in [9.17, 15) is 14.9 Å². The van der Waals surface area contributed by atoms with Crippen LogP contribution in [0.5, 0.6) is 5.75 Å². The largest absolute Gasteiger partial charge is 0.483 e. The van der Waals surface area contributed by atoms with Crippen LogP contribution >= 0.6 is 15.9 Å². The van der Waals surface area contributed by atoms with Gasteiger partial charge in [-0.1, -0.05) is 0 Å². The highest BCUT2D eigenvalue weighted by Gasteiger charge is 2.21. The number of hydrogen-bond donors (Lipinski definition) is 0. The first-order chi connectivity index (χ1) is 7.45. The van der Waals surface area contributed by atoms with E-state index >= 15 is 0 Å². The molecule has 86 valence electrons. The molecule has 0 heterocycles. The summed E-state index contributed by atoms with van der Waals surface area (Å²) in [5.74, 6) is 0.144. The Hall–Kier alpha value is -1.43. The van der Waals surface area contributed by atoms with Gasteiger partial charge >= 0.3 is 5.69 Å². The van der Waals surface area contributed by atoms with E-state index in [-0.39, 0.29) is 23.1 Å². The molecule has 16 heavy (non-hydrogen) atoms. The molecule has 0 spiro atoms. The number of benzene rings is 1. The fourth-order valence-electron chi connectivity index (χ4n) is 1.16. The Bertz CT molecular complexity index is 431. The zero-order chi connectivity index (χ0) is 12.3. The molecule has 6 heteroatoms. The molecule has 0 radical (unpaired) electrons. The van der Waals surface area contributed by atoms with Gasteiger partial charge in [0.25, 0.3) is 0 Å². The van der Waals surface area contributed by atoms with E-state index in [0.717, 1.165) is 0 Å². The molecule has 1 aromatic rings. The molecule has 0 aliphatic rings. The molecule has 0 aliphatic carbocycles. The molecular formula is C10H10BrNO4. The van der Waals surface area contributed by atoms with Crippen LogP contribution in [-0.4, -0.2) is 17.3 Å². The van der Waals surface area contributed by atoms with Crippen molar-refractivity contribution in [1.82, 2.24) is 0 Å². The van der Waals surface area contributed by atoms with Crippen molar-refractivity contribution in [2.24, 2.45) is 0 Å². The fourth-order valence-corrected chi connectivity index (χ4v) is 1.72. The van der Waals surface area contributed by atoms with Crippen LogP contribution in [-0.2, 0) is 0 Å².